The topological polar surface area (TPSA) is 59.2 Å². The summed E-state index contributed by atoms with van der Waals surface area (Å²) >= 11 is 0. The predicted octanol–water partition coefficient (Wildman–Crippen LogP) is 4.48. The SMILES string of the molecule is NC(=O)c1cccc2c1CCN2c1cc(Cc2cccc(C(F)(F)F)c2)ccn1. The van der Waals surface area contributed by atoms with Gasteiger partial charge in [-0.05, 0) is 59.9 Å². The van der Waals surface area contributed by atoms with Gasteiger partial charge in [-0.25, -0.2) is 4.98 Å². The van der Waals surface area contributed by atoms with Crippen LogP contribution in [0.1, 0.15) is 32.6 Å². The molecular formula is C22H18F3N3O. The molecule has 3 aromatic rings. The molecule has 4 rings (SSSR count). The molecule has 7 heteroatoms. The number of alkyl halides is 3. The number of nitrogens with zero attached hydrogens (tertiary/aromatic N) is 2. The largest absolute Gasteiger partial charge is 0.416 e. The van der Waals surface area contributed by atoms with Crippen molar-refractivity contribution >= 4 is 17.4 Å². The monoisotopic (exact) mass is 397 g/mol. The van der Waals surface area contributed by atoms with Gasteiger partial charge in [0.25, 0.3) is 0 Å². The van der Waals surface area contributed by atoms with Gasteiger partial charge in [0.15, 0.2) is 0 Å². The molecule has 0 aliphatic carbocycles. The Labute approximate surface area is 165 Å². The summed E-state index contributed by atoms with van der Waals surface area (Å²) in [4.78, 5) is 18.1. The van der Waals surface area contributed by atoms with Gasteiger partial charge in [-0.2, -0.15) is 13.2 Å². The highest BCUT2D eigenvalue weighted by atomic mass is 19.4. The Kier molecular flexibility index (Phi) is 4.74. The van der Waals surface area contributed by atoms with E-state index >= 15 is 0 Å². The molecule has 0 saturated heterocycles. The minimum atomic E-state index is -4.36. The molecule has 1 aromatic heterocycles. The number of rotatable bonds is 4. The number of amides is 1. The summed E-state index contributed by atoms with van der Waals surface area (Å²) in [5.41, 5.74) is 8.53. The van der Waals surface area contributed by atoms with Crippen LogP contribution in [0.15, 0.2) is 60.8 Å². The molecule has 29 heavy (non-hydrogen) atoms. The minimum Gasteiger partial charge on any atom is -0.366 e. The van der Waals surface area contributed by atoms with Crippen LogP contribution >= 0.6 is 0 Å². The van der Waals surface area contributed by atoms with Crippen LogP contribution in [0.2, 0.25) is 0 Å². The van der Waals surface area contributed by atoms with Gasteiger partial charge in [0.05, 0.1) is 5.56 Å². The van der Waals surface area contributed by atoms with Crippen LogP contribution in [0.4, 0.5) is 24.7 Å². The molecule has 0 fully saturated rings. The van der Waals surface area contributed by atoms with Crippen molar-refractivity contribution in [2.24, 2.45) is 5.73 Å². The van der Waals surface area contributed by atoms with Gasteiger partial charge >= 0.3 is 6.18 Å². The predicted molar refractivity (Wildman–Crippen MR) is 104 cm³/mol. The van der Waals surface area contributed by atoms with Crippen molar-refractivity contribution in [1.82, 2.24) is 4.98 Å². The van der Waals surface area contributed by atoms with Gasteiger partial charge in [-0.15, -0.1) is 0 Å². The number of pyridine rings is 1. The van der Waals surface area contributed by atoms with Crippen molar-refractivity contribution in [3.8, 4) is 0 Å². The zero-order valence-electron chi connectivity index (χ0n) is 15.4. The number of nitrogens with two attached hydrogens (primary N) is 1. The third-order valence-electron chi connectivity index (χ3n) is 5.04. The van der Waals surface area contributed by atoms with E-state index < -0.39 is 17.6 Å². The summed E-state index contributed by atoms with van der Waals surface area (Å²) in [6.45, 7) is 0.652. The summed E-state index contributed by atoms with van der Waals surface area (Å²) < 4.78 is 38.9. The molecule has 0 bridgehead atoms. The number of carbonyl (C=O) groups is 1. The standard InChI is InChI=1S/C22H18F3N3O/c23-22(24,25)16-4-1-3-14(12-16)11-15-7-9-27-20(13-15)28-10-8-17-18(21(26)29)5-2-6-19(17)28/h1-7,9,12-13H,8,10-11H2,(H2,26,29). The zero-order valence-corrected chi connectivity index (χ0v) is 15.4. The van der Waals surface area contributed by atoms with Crippen LogP contribution in [-0.4, -0.2) is 17.4 Å². The fraction of sp³-hybridized carbons (Fsp3) is 0.182. The maximum Gasteiger partial charge on any atom is 0.416 e. The van der Waals surface area contributed by atoms with E-state index in [2.05, 4.69) is 4.98 Å². The maximum atomic E-state index is 13.0. The molecule has 0 spiro atoms. The van der Waals surface area contributed by atoms with E-state index in [9.17, 15) is 18.0 Å². The first kappa shape index (κ1) is 19.0. The molecule has 1 aliphatic heterocycles. The molecule has 0 saturated carbocycles. The van der Waals surface area contributed by atoms with Crippen molar-refractivity contribution in [1.29, 1.82) is 0 Å². The van der Waals surface area contributed by atoms with E-state index in [1.54, 1.807) is 30.5 Å². The lowest BCUT2D eigenvalue weighted by atomic mass is 10.0. The second kappa shape index (κ2) is 7.24. The van der Waals surface area contributed by atoms with Gasteiger partial charge in [-0.1, -0.05) is 24.3 Å². The van der Waals surface area contributed by atoms with Crippen LogP contribution < -0.4 is 10.6 Å². The first-order valence-corrected chi connectivity index (χ1v) is 9.13. The lowest BCUT2D eigenvalue weighted by molar-refractivity contribution is -0.137. The van der Waals surface area contributed by atoms with Crippen molar-refractivity contribution in [3.05, 3.63) is 88.6 Å². The number of anilines is 2. The van der Waals surface area contributed by atoms with Crippen LogP contribution in [0.5, 0.6) is 0 Å². The number of hydrogen-bond acceptors (Lipinski definition) is 3. The van der Waals surface area contributed by atoms with E-state index in [0.717, 1.165) is 22.9 Å². The van der Waals surface area contributed by atoms with Gasteiger partial charge in [0, 0.05) is 24.0 Å². The number of carbonyl (C=O) groups excluding carboxylic acids is 1. The summed E-state index contributed by atoms with van der Waals surface area (Å²) in [6, 6.07) is 14.4. The molecule has 2 heterocycles. The summed E-state index contributed by atoms with van der Waals surface area (Å²) in [7, 11) is 0. The number of benzene rings is 2. The van der Waals surface area contributed by atoms with Crippen LogP contribution in [0.3, 0.4) is 0 Å². The Hall–Kier alpha value is -3.35. The third-order valence-corrected chi connectivity index (χ3v) is 5.04. The lowest BCUT2D eigenvalue weighted by Crippen LogP contribution is -2.15. The molecule has 1 aliphatic rings. The number of halogens is 3. The molecular weight excluding hydrogens is 379 g/mol. The average Bonchev–Trinajstić information content (AvgIpc) is 3.12. The van der Waals surface area contributed by atoms with E-state index in [1.807, 2.05) is 17.0 Å². The fourth-order valence-corrected chi connectivity index (χ4v) is 3.71. The highest BCUT2D eigenvalue weighted by molar-refractivity contribution is 5.96. The van der Waals surface area contributed by atoms with Crippen LogP contribution in [0.25, 0.3) is 0 Å². The van der Waals surface area contributed by atoms with E-state index in [0.29, 0.717) is 36.3 Å². The van der Waals surface area contributed by atoms with E-state index in [1.165, 1.54) is 12.1 Å². The Bertz CT molecular complexity index is 1080. The maximum absolute atomic E-state index is 13.0. The molecule has 148 valence electrons. The van der Waals surface area contributed by atoms with Crippen LogP contribution in [-0.2, 0) is 19.0 Å². The first-order valence-electron chi connectivity index (χ1n) is 9.13. The Morgan fingerprint density at radius 2 is 1.83 bits per heavy atom. The molecule has 1 amide bonds. The Balaban J connectivity index is 1.62. The van der Waals surface area contributed by atoms with Crippen LogP contribution in [0, 0.1) is 0 Å². The normalized spacial score (nSPS) is 13.4. The van der Waals surface area contributed by atoms with Gasteiger partial charge < -0.3 is 10.6 Å². The van der Waals surface area contributed by atoms with Gasteiger partial charge in [0.2, 0.25) is 5.91 Å². The summed E-state index contributed by atoms with van der Waals surface area (Å²) in [6.07, 6.45) is -1.68. The molecule has 0 radical (unpaired) electrons. The second-order valence-corrected chi connectivity index (χ2v) is 6.97. The highest BCUT2D eigenvalue weighted by Crippen LogP contribution is 2.36. The lowest BCUT2D eigenvalue weighted by Gasteiger charge is -2.19. The average molecular weight is 397 g/mol. The number of hydrogen-bond donors (Lipinski definition) is 1. The van der Waals surface area contributed by atoms with E-state index in [-0.39, 0.29) is 0 Å². The van der Waals surface area contributed by atoms with Crippen molar-refractivity contribution < 1.29 is 18.0 Å². The Morgan fingerprint density at radius 1 is 1.07 bits per heavy atom. The smallest absolute Gasteiger partial charge is 0.366 e. The first-order chi connectivity index (χ1) is 13.8. The number of primary amides is 1. The van der Waals surface area contributed by atoms with Crippen molar-refractivity contribution in [2.45, 2.75) is 19.0 Å². The summed E-state index contributed by atoms with van der Waals surface area (Å²) in [5.74, 6) is 0.227. The van der Waals surface area contributed by atoms with Gasteiger partial charge in [0.1, 0.15) is 5.82 Å². The van der Waals surface area contributed by atoms with Crippen molar-refractivity contribution in [2.75, 3.05) is 11.4 Å². The fourth-order valence-electron chi connectivity index (χ4n) is 3.71. The third kappa shape index (κ3) is 3.81. The highest BCUT2D eigenvalue weighted by Gasteiger charge is 2.30. The Morgan fingerprint density at radius 3 is 2.59 bits per heavy atom. The second-order valence-electron chi connectivity index (χ2n) is 6.97. The molecule has 0 unspecified atom stereocenters. The summed E-state index contributed by atoms with van der Waals surface area (Å²) in [5, 5.41) is 0. The quantitative estimate of drug-likeness (QED) is 0.706. The number of aromatic nitrogens is 1. The number of fused-ring (bicyclic) bond motifs is 1. The van der Waals surface area contributed by atoms with Crippen molar-refractivity contribution in [3.63, 3.8) is 0 Å². The molecule has 0 atom stereocenters. The van der Waals surface area contributed by atoms with E-state index in [4.69, 9.17) is 5.73 Å². The minimum absolute atomic E-state index is 0.363. The van der Waals surface area contributed by atoms with Gasteiger partial charge in [-0.3, -0.25) is 4.79 Å². The zero-order chi connectivity index (χ0) is 20.6. The molecule has 4 nitrogen and oxygen atoms in total. The molecule has 2 aromatic carbocycles. The molecule has 2 N–H and O–H groups in total.